The van der Waals surface area contributed by atoms with E-state index in [-0.39, 0.29) is 15.8 Å². The van der Waals surface area contributed by atoms with E-state index in [4.69, 9.17) is 4.43 Å². The molecule has 0 heterocycles. The van der Waals surface area contributed by atoms with Crippen LogP contribution in [0.2, 0.25) is 18.1 Å². The normalized spacial score (nSPS) is 24.6. The molecule has 0 saturated heterocycles. The predicted molar refractivity (Wildman–Crippen MR) is 103 cm³/mol. The average molecular weight is 358 g/mol. The second-order valence-electron chi connectivity index (χ2n) is 9.23. The lowest BCUT2D eigenvalue weighted by Gasteiger charge is -2.37. The first-order chi connectivity index (χ1) is 10.2. The molecule has 1 fully saturated rings. The molecule has 4 atom stereocenters. The molecule has 1 rings (SSSR count). The van der Waals surface area contributed by atoms with Crippen LogP contribution in [-0.4, -0.2) is 30.3 Å². The molecule has 1 aliphatic rings. The van der Waals surface area contributed by atoms with Gasteiger partial charge in [-0.15, -0.1) is 4.72 Å². The van der Waals surface area contributed by atoms with Crippen LogP contribution in [0.4, 0.5) is 0 Å². The first-order valence-corrected chi connectivity index (χ1v) is 12.6. The lowest BCUT2D eigenvalue weighted by Crippen LogP contribution is -2.49. The summed E-state index contributed by atoms with van der Waals surface area (Å²) >= 11 is -1.14. The summed E-state index contributed by atoms with van der Waals surface area (Å²) in [7, 11) is -1.83. The Morgan fingerprint density at radius 2 is 1.78 bits per heavy atom. The van der Waals surface area contributed by atoms with Crippen LogP contribution in [0.25, 0.3) is 0 Å². The van der Waals surface area contributed by atoms with Gasteiger partial charge in [-0.25, -0.2) is 0 Å². The van der Waals surface area contributed by atoms with Crippen molar-refractivity contribution in [2.75, 3.05) is 6.61 Å². The van der Waals surface area contributed by atoms with Crippen molar-refractivity contribution in [2.24, 2.45) is 11.8 Å². The maximum Gasteiger partial charge on any atom is 0.192 e. The molecule has 0 aromatic rings. The number of nitrogens with one attached hydrogen (secondary N) is 1. The van der Waals surface area contributed by atoms with E-state index in [1.165, 1.54) is 6.42 Å². The van der Waals surface area contributed by atoms with E-state index in [0.29, 0.717) is 18.4 Å². The van der Waals surface area contributed by atoms with Gasteiger partial charge in [0.2, 0.25) is 0 Å². The van der Waals surface area contributed by atoms with E-state index in [0.717, 1.165) is 0 Å². The van der Waals surface area contributed by atoms with Crippen molar-refractivity contribution in [3.8, 4) is 11.8 Å². The van der Waals surface area contributed by atoms with Gasteiger partial charge >= 0.3 is 0 Å². The summed E-state index contributed by atoms with van der Waals surface area (Å²) in [6.07, 6.45) is 1.19. The second-order valence-corrected chi connectivity index (χ2v) is 16.0. The Bertz CT molecular complexity index is 456. The van der Waals surface area contributed by atoms with Crippen LogP contribution in [-0.2, 0) is 15.8 Å². The van der Waals surface area contributed by atoms with E-state index >= 15 is 0 Å². The van der Waals surface area contributed by atoms with E-state index in [9.17, 15) is 4.55 Å². The molecule has 0 aromatic heterocycles. The maximum absolute atomic E-state index is 12.4. The molecule has 5 heteroatoms. The van der Waals surface area contributed by atoms with Crippen LogP contribution in [0.5, 0.6) is 0 Å². The molecular formula is C18H35NO2SSi. The quantitative estimate of drug-likeness (QED) is 0.458. The Kier molecular flexibility index (Phi) is 6.86. The monoisotopic (exact) mass is 357 g/mol. The van der Waals surface area contributed by atoms with Crippen molar-refractivity contribution in [1.29, 1.82) is 0 Å². The molecule has 23 heavy (non-hydrogen) atoms. The lowest BCUT2D eigenvalue weighted by atomic mass is 10.2. The second kappa shape index (κ2) is 7.49. The molecular weight excluding hydrogens is 322 g/mol. The molecule has 0 aromatic carbocycles. The summed E-state index contributed by atoms with van der Waals surface area (Å²) in [6, 6.07) is -0.169. The van der Waals surface area contributed by atoms with Crippen molar-refractivity contribution in [3.05, 3.63) is 0 Å². The molecule has 0 spiro atoms. The highest BCUT2D eigenvalue weighted by Crippen LogP contribution is 2.37. The van der Waals surface area contributed by atoms with Gasteiger partial charge in [0.15, 0.2) is 8.32 Å². The fraction of sp³-hybridized carbons (Fsp3) is 0.889. The summed E-state index contributed by atoms with van der Waals surface area (Å²) in [5.41, 5.74) is 0. The Balaban J connectivity index is 2.73. The zero-order valence-corrected chi connectivity index (χ0v) is 18.2. The van der Waals surface area contributed by atoms with Crippen molar-refractivity contribution in [1.82, 2.24) is 4.72 Å². The van der Waals surface area contributed by atoms with Gasteiger partial charge in [0.05, 0.1) is 6.61 Å². The number of hydrogen-bond acceptors (Lipinski definition) is 3. The van der Waals surface area contributed by atoms with E-state index in [2.05, 4.69) is 57.4 Å². The smallest absolute Gasteiger partial charge is 0.192 e. The van der Waals surface area contributed by atoms with Crippen LogP contribution in [0.15, 0.2) is 0 Å². The summed E-state index contributed by atoms with van der Waals surface area (Å²) in [4.78, 5) is 0. The first-order valence-electron chi connectivity index (χ1n) is 8.57. The largest absolute Gasteiger partial charge is 0.598 e. The van der Waals surface area contributed by atoms with Crippen LogP contribution in [0, 0.1) is 23.7 Å². The fourth-order valence-corrected chi connectivity index (χ4v) is 3.41. The third kappa shape index (κ3) is 6.79. The van der Waals surface area contributed by atoms with Gasteiger partial charge in [0.25, 0.3) is 0 Å². The molecule has 0 amide bonds. The zero-order valence-electron chi connectivity index (χ0n) is 16.4. The summed E-state index contributed by atoms with van der Waals surface area (Å²) in [5.74, 6) is 7.82. The summed E-state index contributed by atoms with van der Waals surface area (Å²) in [6.45, 7) is 19.8. The Morgan fingerprint density at radius 3 is 2.17 bits per heavy atom. The van der Waals surface area contributed by atoms with Crippen molar-refractivity contribution in [2.45, 2.75) is 83.8 Å². The highest BCUT2D eigenvalue weighted by Gasteiger charge is 2.38. The third-order valence-electron chi connectivity index (χ3n) is 4.77. The van der Waals surface area contributed by atoms with Gasteiger partial charge in [-0.2, -0.15) is 0 Å². The van der Waals surface area contributed by atoms with Crippen LogP contribution < -0.4 is 4.72 Å². The van der Waals surface area contributed by atoms with E-state index < -0.39 is 19.7 Å². The van der Waals surface area contributed by atoms with Crippen LogP contribution in [0.1, 0.15) is 54.9 Å². The van der Waals surface area contributed by atoms with Crippen molar-refractivity contribution < 1.29 is 8.98 Å². The average Bonchev–Trinajstić information content (AvgIpc) is 3.06. The molecule has 0 aliphatic heterocycles. The minimum atomic E-state index is -1.83. The molecule has 1 aliphatic carbocycles. The van der Waals surface area contributed by atoms with Gasteiger partial charge in [-0.3, -0.25) is 0 Å². The van der Waals surface area contributed by atoms with Crippen molar-refractivity contribution in [3.63, 3.8) is 0 Å². The zero-order chi connectivity index (χ0) is 18.1. The lowest BCUT2D eigenvalue weighted by molar-refractivity contribution is 0.274. The Morgan fingerprint density at radius 1 is 1.26 bits per heavy atom. The SMILES string of the molecule is C[C@H]1CC1C#C[C@@H](CO[Si](C)(C)C(C)(C)C)N[S+]([O-])C(C)(C)C. The molecule has 134 valence electrons. The highest BCUT2D eigenvalue weighted by atomic mass is 32.2. The number of rotatable bonds is 5. The fourth-order valence-electron chi connectivity index (χ4n) is 1.65. The molecule has 0 bridgehead atoms. The van der Waals surface area contributed by atoms with Gasteiger partial charge in [0.1, 0.15) is 10.8 Å². The third-order valence-corrected chi connectivity index (χ3v) is 10.9. The topological polar surface area (TPSA) is 44.3 Å². The van der Waals surface area contributed by atoms with Gasteiger partial charge in [-0.05, 0) is 51.2 Å². The molecule has 2 unspecified atom stereocenters. The Hall–Kier alpha value is 0.00688. The van der Waals surface area contributed by atoms with Crippen molar-refractivity contribution >= 4 is 19.7 Å². The summed E-state index contributed by atoms with van der Waals surface area (Å²) in [5, 5.41) is 0.166. The Labute approximate surface area is 147 Å². The van der Waals surface area contributed by atoms with Gasteiger partial charge in [-0.1, -0.05) is 39.5 Å². The van der Waals surface area contributed by atoms with Crippen LogP contribution >= 0.6 is 0 Å². The van der Waals surface area contributed by atoms with Gasteiger partial charge < -0.3 is 8.98 Å². The first kappa shape index (κ1) is 21.1. The van der Waals surface area contributed by atoms with Crippen LogP contribution in [0.3, 0.4) is 0 Å². The predicted octanol–water partition coefficient (Wildman–Crippen LogP) is 4.09. The number of hydrogen-bond donors (Lipinski definition) is 1. The molecule has 0 radical (unpaired) electrons. The standard InChI is InChI=1S/C18H35NO2SSi/c1-14-12-15(14)10-11-16(19-22(20)17(2,3)4)13-21-23(8,9)18(5,6)7/h14-16,19H,12-13H2,1-9H3/t14-,15?,16-,22?/m0/s1. The minimum absolute atomic E-state index is 0.166. The molecule has 3 nitrogen and oxygen atoms in total. The molecule has 1 N–H and O–H groups in total. The minimum Gasteiger partial charge on any atom is -0.598 e. The summed E-state index contributed by atoms with van der Waals surface area (Å²) < 4.78 is 21.6. The van der Waals surface area contributed by atoms with Gasteiger partial charge in [0, 0.05) is 17.3 Å². The maximum atomic E-state index is 12.4. The van der Waals surface area contributed by atoms with E-state index in [1.807, 2.05) is 20.8 Å². The highest BCUT2D eigenvalue weighted by molar-refractivity contribution is 7.90. The van der Waals surface area contributed by atoms with E-state index in [1.54, 1.807) is 0 Å². The molecule has 1 saturated carbocycles.